The second-order valence-corrected chi connectivity index (χ2v) is 4.33. The van der Waals surface area contributed by atoms with Gasteiger partial charge in [-0.2, -0.15) is 0 Å². The lowest BCUT2D eigenvalue weighted by molar-refractivity contribution is 0.329. The number of fused-ring (bicyclic) bond motifs is 1. The Balaban J connectivity index is 2.18. The summed E-state index contributed by atoms with van der Waals surface area (Å²) < 4.78 is 0. The number of pyridine rings is 1. The van der Waals surface area contributed by atoms with Crippen LogP contribution in [0.4, 0.5) is 0 Å². The molecule has 0 aliphatic heterocycles. The molecule has 1 heterocycles. The number of benzene rings is 1. The summed E-state index contributed by atoms with van der Waals surface area (Å²) in [5.74, 6) is 0. The Morgan fingerprint density at radius 3 is 2.94 bits per heavy atom. The number of hydrogen-bond donors (Lipinski definition) is 1. The summed E-state index contributed by atoms with van der Waals surface area (Å²) in [6.07, 6.45) is 1.84. The van der Waals surface area contributed by atoms with Crippen molar-refractivity contribution in [3.63, 3.8) is 0 Å². The largest absolute Gasteiger partial charge is 0.318 e. The van der Waals surface area contributed by atoms with Crippen LogP contribution in [0.15, 0.2) is 36.5 Å². The van der Waals surface area contributed by atoms with Gasteiger partial charge in [0.15, 0.2) is 0 Å². The topological polar surface area (TPSA) is 28.2 Å². The highest BCUT2D eigenvalue weighted by molar-refractivity contribution is 5.81. The van der Waals surface area contributed by atoms with Crippen LogP contribution in [0.25, 0.3) is 10.9 Å². The van der Waals surface area contributed by atoms with Gasteiger partial charge in [0.1, 0.15) is 0 Å². The van der Waals surface area contributed by atoms with Gasteiger partial charge in [-0.25, -0.2) is 0 Å². The SMILES string of the molecule is CNCCN(C)Cc1cccc2ncccc12. The van der Waals surface area contributed by atoms with E-state index in [1.807, 2.05) is 19.3 Å². The fourth-order valence-electron chi connectivity index (χ4n) is 1.98. The van der Waals surface area contributed by atoms with Crippen molar-refractivity contribution in [2.45, 2.75) is 6.54 Å². The van der Waals surface area contributed by atoms with Crippen molar-refractivity contribution >= 4 is 10.9 Å². The molecule has 0 spiro atoms. The van der Waals surface area contributed by atoms with Gasteiger partial charge in [0.25, 0.3) is 0 Å². The number of nitrogens with zero attached hydrogens (tertiary/aromatic N) is 2. The Labute approximate surface area is 102 Å². The molecule has 17 heavy (non-hydrogen) atoms. The summed E-state index contributed by atoms with van der Waals surface area (Å²) in [7, 11) is 4.13. The minimum Gasteiger partial charge on any atom is -0.318 e. The molecule has 0 saturated heterocycles. The molecule has 0 aliphatic rings. The van der Waals surface area contributed by atoms with E-state index in [1.165, 1.54) is 10.9 Å². The summed E-state index contributed by atoms with van der Waals surface area (Å²) in [4.78, 5) is 6.70. The lowest BCUT2D eigenvalue weighted by Crippen LogP contribution is -2.27. The van der Waals surface area contributed by atoms with Crippen LogP contribution in [0, 0.1) is 0 Å². The van der Waals surface area contributed by atoms with E-state index in [9.17, 15) is 0 Å². The number of aromatic nitrogens is 1. The first-order valence-electron chi connectivity index (χ1n) is 5.97. The Kier molecular flexibility index (Phi) is 4.07. The number of nitrogens with one attached hydrogen (secondary N) is 1. The normalized spacial score (nSPS) is 11.2. The van der Waals surface area contributed by atoms with Crippen molar-refractivity contribution in [1.29, 1.82) is 0 Å². The second kappa shape index (κ2) is 5.75. The Morgan fingerprint density at radius 1 is 1.24 bits per heavy atom. The molecule has 0 aliphatic carbocycles. The predicted molar refractivity (Wildman–Crippen MR) is 72.0 cm³/mol. The first-order valence-corrected chi connectivity index (χ1v) is 5.97. The summed E-state index contributed by atoms with van der Waals surface area (Å²) in [5.41, 5.74) is 2.42. The van der Waals surface area contributed by atoms with Gasteiger partial charge >= 0.3 is 0 Å². The molecule has 3 nitrogen and oxygen atoms in total. The van der Waals surface area contributed by atoms with Crippen molar-refractivity contribution in [2.24, 2.45) is 0 Å². The molecule has 1 aromatic heterocycles. The fourth-order valence-corrected chi connectivity index (χ4v) is 1.98. The van der Waals surface area contributed by atoms with Gasteiger partial charge in [-0.1, -0.05) is 18.2 Å². The molecule has 3 heteroatoms. The van der Waals surface area contributed by atoms with Crippen molar-refractivity contribution < 1.29 is 0 Å². The third-order valence-electron chi connectivity index (χ3n) is 2.92. The van der Waals surface area contributed by atoms with Gasteiger partial charge in [-0.05, 0) is 31.8 Å². The van der Waals surface area contributed by atoms with Crippen LogP contribution >= 0.6 is 0 Å². The molecule has 1 aromatic carbocycles. The van der Waals surface area contributed by atoms with Crippen LogP contribution in [0.3, 0.4) is 0 Å². The van der Waals surface area contributed by atoms with Crippen LogP contribution in [-0.4, -0.2) is 37.1 Å². The predicted octanol–water partition coefficient (Wildman–Crippen LogP) is 1.89. The van der Waals surface area contributed by atoms with E-state index >= 15 is 0 Å². The van der Waals surface area contributed by atoms with Crippen LogP contribution in [0.1, 0.15) is 5.56 Å². The van der Waals surface area contributed by atoms with Crippen molar-refractivity contribution in [1.82, 2.24) is 15.2 Å². The minimum absolute atomic E-state index is 0.963. The number of likely N-dealkylation sites (N-methyl/N-ethyl adjacent to an activating group) is 2. The average Bonchev–Trinajstić information content (AvgIpc) is 2.37. The first-order chi connectivity index (χ1) is 8.31. The fraction of sp³-hybridized carbons (Fsp3) is 0.357. The zero-order valence-electron chi connectivity index (χ0n) is 10.5. The van der Waals surface area contributed by atoms with E-state index in [-0.39, 0.29) is 0 Å². The van der Waals surface area contributed by atoms with Crippen molar-refractivity contribution in [3.8, 4) is 0 Å². The third kappa shape index (κ3) is 3.02. The third-order valence-corrected chi connectivity index (χ3v) is 2.92. The average molecular weight is 229 g/mol. The molecule has 0 radical (unpaired) electrons. The van der Waals surface area contributed by atoms with E-state index < -0.39 is 0 Å². The number of rotatable bonds is 5. The molecule has 1 N–H and O–H groups in total. The minimum atomic E-state index is 0.963. The molecule has 0 atom stereocenters. The highest BCUT2D eigenvalue weighted by atomic mass is 15.1. The smallest absolute Gasteiger partial charge is 0.0705 e. The van der Waals surface area contributed by atoms with E-state index in [0.717, 1.165) is 25.2 Å². The summed E-state index contributed by atoms with van der Waals surface area (Å²) in [6, 6.07) is 10.5. The van der Waals surface area contributed by atoms with E-state index in [4.69, 9.17) is 0 Å². The highest BCUT2D eigenvalue weighted by Gasteiger charge is 2.04. The van der Waals surface area contributed by atoms with E-state index in [1.54, 1.807) is 0 Å². The molecular weight excluding hydrogens is 210 g/mol. The molecule has 0 unspecified atom stereocenters. The van der Waals surface area contributed by atoms with Gasteiger partial charge in [-0.3, -0.25) is 4.98 Å². The van der Waals surface area contributed by atoms with Crippen molar-refractivity contribution in [2.75, 3.05) is 27.2 Å². The molecule has 0 fully saturated rings. The molecule has 2 rings (SSSR count). The first kappa shape index (κ1) is 12.0. The Bertz CT molecular complexity index is 476. The molecule has 0 amide bonds. The van der Waals surface area contributed by atoms with Gasteiger partial charge in [-0.15, -0.1) is 0 Å². The summed E-state index contributed by atoms with van der Waals surface area (Å²) >= 11 is 0. The maximum atomic E-state index is 4.38. The van der Waals surface area contributed by atoms with Gasteiger partial charge < -0.3 is 10.2 Å². The molecule has 0 saturated carbocycles. The van der Waals surface area contributed by atoms with Crippen molar-refractivity contribution in [3.05, 3.63) is 42.1 Å². The monoisotopic (exact) mass is 229 g/mol. The van der Waals surface area contributed by atoms with Gasteiger partial charge in [0.05, 0.1) is 5.52 Å². The lowest BCUT2D eigenvalue weighted by atomic mass is 10.1. The number of hydrogen-bond acceptors (Lipinski definition) is 3. The molecular formula is C14H19N3. The highest BCUT2D eigenvalue weighted by Crippen LogP contribution is 2.17. The zero-order valence-corrected chi connectivity index (χ0v) is 10.5. The summed E-state index contributed by atoms with van der Waals surface area (Å²) in [6.45, 7) is 3.03. The van der Waals surface area contributed by atoms with Crippen LogP contribution < -0.4 is 5.32 Å². The molecule has 2 aromatic rings. The maximum Gasteiger partial charge on any atom is 0.0705 e. The van der Waals surface area contributed by atoms with Gasteiger partial charge in [0, 0.05) is 31.2 Å². The zero-order chi connectivity index (χ0) is 12.1. The standard InChI is InChI=1S/C14H19N3/c1-15-9-10-17(2)11-12-5-3-7-14-13(12)6-4-8-16-14/h3-8,15H,9-11H2,1-2H3. The van der Waals surface area contributed by atoms with E-state index in [0.29, 0.717) is 0 Å². The molecule has 90 valence electrons. The second-order valence-electron chi connectivity index (χ2n) is 4.33. The van der Waals surface area contributed by atoms with Crippen LogP contribution in [-0.2, 0) is 6.54 Å². The van der Waals surface area contributed by atoms with Gasteiger partial charge in [0.2, 0.25) is 0 Å². The summed E-state index contributed by atoms with van der Waals surface area (Å²) in [5, 5.41) is 4.42. The van der Waals surface area contributed by atoms with Crippen LogP contribution in [0.2, 0.25) is 0 Å². The maximum absolute atomic E-state index is 4.38. The quantitative estimate of drug-likeness (QED) is 0.848. The molecule has 0 bridgehead atoms. The lowest BCUT2D eigenvalue weighted by Gasteiger charge is -2.17. The Hall–Kier alpha value is -1.45. The van der Waals surface area contributed by atoms with E-state index in [2.05, 4.69) is 46.5 Å². The Morgan fingerprint density at radius 2 is 2.12 bits per heavy atom. The van der Waals surface area contributed by atoms with Crippen LogP contribution in [0.5, 0.6) is 0 Å².